The predicted molar refractivity (Wildman–Crippen MR) is 136 cm³/mol. The van der Waals surface area contributed by atoms with E-state index in [1.807, 2.05) is 25.7 Å². The van der Waals surface area contributed by atoms with Crippen LogP contribution >= 0.6 is 0 Å². The minimum absolute atomic E-state index is 0.0515. The fourth-order valence-electron chi connectivity index (χ4n) is 8.44. The summed E-state index contributed by atoms with van der Waals surface area (Å²) in [6, 6.07) is 0.0515. The normalized spacial score (nSPS) is 41.8. The van der Waals surface area contributed by atoms with E-state index >= 15 is 0 Å². The Labute approximate surface area is 221 Å². The summed E-state index contributed by atoms with van der Waals surface area (Å²) in [5, 5.41) is 2.96. The first-order chi connectivity index (χ1) is 17.6. The lowest BCUT2D eigenvalue weighted by Crippen LogP contribution is -2.54. The maximum atomic E-state index is 13.2. The molecular weight excluding hydrogens is 472 g/mol. The van der Waals surface area contributed by atoms with Crippen molar-refractivity contribution in [1.82, 2.24) is 10.2 Å². The van der Waals surface area contributed by atoms with Crippen molar-refractivity contribution in [2.24, 2.45) is 29.6 Å². The van der Waals surface area contributed by atoms with Gasteiger partial charge in [-0.2, -0.15) is 9.78 Å². The molecule has 7 atom stereocenters. The van der Waals surface area contributed by atoms with Gasteiger partial charge in [-0.25, -0.2) is 4.79 Å². The summed E-state index contributed by atoms with van der Waals surface area (Å²) in [6.45, 7) is 6.92. The summed E-state index contributed by atoms with van der Waals surface area (Å²) in [6.07, 6.45) is 12.8. The summed E-state index contributed by atoms with van der Waals surface area (Å²) in [5.41, 5.74) is -0.509. The molecule has 8 nitrogen and oxygen atoms in total. The van der Waals surface area contributed by atoms with Crippen molar-refractivity contribution < 1.29 is 28.8 Å². The Kier molecular flexibility index (Phi) is 6.76. The highest BCUT2D eigenvalue weighted by molar-refractivity contribution is 5.76. The second-order valence-corrected chi connectivity index (χ2v) is 14.0. The third-order valence-corrected chi connectivity index (χ3v) is 10.1. The first kappa shape index (κ1) is 25.9. The van der Waals surface area contributed by atoms with Crippen LogP contribution in [0, 0.1) is 29.6 Å². The number of hydrogen-bond donors (Lipinski definition) is 1. The zero-order valence-electron chi connectivity index (χ0n) is 23.0. The van der Waals surface area contributed by atoms with Gasteiger partial charge in [-0.1, -0.05) is 6.42 Å². The Morgan fingerprint density at radius 1 is 0.973 bits per heavy atom. The SMILES string of the molecule is CC(C)(C)OC(=O)NC1CCN(C(=O)C[C@@H]2CCC[C@]3(C2)OO[C@@]2(CC4CCC5CC4CC2C5)O3)CC1. The van der Waals surface area contributed by atoms with Crippen molar-refractivity contribution in [3.8, 4) is 0 Å². The number of likely N-dealkylation sites (tertiary alicyclic amines) is 1. The first-order valence-corrected chi connectivity index (χ1v) is 14.9. The molecule has 2 heterocycles. The van der Waals surface area contributed by atoms with E-state index in [-0.39, 0.29) is 24.0 Å². The van der Waals surface area contributed by atoms with E-state index in [9.17, 15) is 9.59 Å². The van der Waals surface area contributed by atoms with Crippen LogP contribution in [0.5, 0.6) is 0 Å². The fraction of sp³-hybridized carbons (Fsp3) is 0.931. The van der Waals surface area contributed by atoms with Crippen molar-refractivity contribution in [3.05, 3.63) is 0 Å². The van der Waals surface area contributed by atoms with Gasteiger partial charge >= 0.3 is 6.09 Å². The van der Waals surface area contributed by atoms with Gasteiger partial charge in [-0.3, -0.25) is 4.79 Å². The second kappa shape index (κ2) is 9.67. The molecule has 2 saturated heterocycles. The summed E-state index contributed by atoms with van der Waals surface area (Å²) in [7, 11) is 0. The molecular formula is C29H46N2O6. The molecule has 1 N–H and O–H groups in total. The molecule has 37 heavy (non-hydrogen) atoms. The molecule has 6 rings (SSSR count). The molecule has 0 aromatic heterocycles. The fourth-order valence-corrected chi connectivity index (χ4v) is 8.44. The number of nitrogens with one attached hydrogen (secondary N) is 1. The summed E-state index contributed by atoms with van der Waals surface area (Å²) < 4.78 is 12.3. The lowest BCUT2D eigenvalue weighted by molar-refractivity contribution is -0.375. The van der Waals surface area contributed by atoms with Gasteiger partial charge in [0, 0.05) is 50.7 Å². The van der Waals surface area contributed by atoms with Crippen LogP contribution in [0.1, 0.15) is 104 Å². The van der Waals surface area contributed by atoms with Crippen LogP contribution in [0.2, 0.25) is 0 Å². The highest BCUT2D eigenvalue weighted by Gasteiger charge is 2.63. The molecule has 6 fully saturated rings. The van der Waals surface area contributed by atoms with Crippen molar-refractivity contribution in [2.45, 2.75) is 127 Å². The molecule has 2 aliphatic heterocycles. The van der Waals surface area contributed by atoms with Crippen LogP contribution in [0.3, 0.4) is 0 Å². The van der Waals surface area contributed by atoms with Crippen molar-refractivity contribution in [1.29, 1.82) is 0 Å². The smallest absolute Gasteiger partial charge is 0.407 e. The van der Waals surface area contributed by atoms with E-state index in [1.54, 1.807) is 0 Å². The zero-order valence-corrected chi connectivity index (χ0v) is 23.0. The van der Waals surface area contributed by atoms with Crippen molar-refractivity contribution in [2.75, 3.05) is 13.1 Å². The number of amides is 2. The summed E-state index contributed by atoms with van der Waals surface area (Å²) in [5.74, 6) is 2.05. The van der Waals surface area contributed by atoms with Gasteiger partial charge in [0.1, 0.15) is 5.60 Å². The van der Waals surface area contributed by atoms with Gasteiger partial charge in [0.2, 0.25) is 17.5 Å². The third-order valence-electron chi connectivity index (χ3n) is 10.1. The van der Waals surface area contributed by atoms with E-state index in [0.29, 0.717) is 31.3 Å². The van der Waals surface area contributed by atoms with Crippen LogP contribution in [-0.4, -0.2) is 53.2 Å². The topological polar surface area (TPSA) is 86.3 Å². The number of rotatable bonds is 3. The molecule has 4 unspecified atom stereocenters. The van der Waals surface area contributed by atoms with E-state index in [2.05, 4.69) is 5.32 Å². The maximum absolute atomic E-state index is 13.2. The lowest BCUT2D eigenvalue weighted by atomic mass is 9.55. The van der Waals surface area contributed by atoms with E-state index < -0.39 is 17.2 Å². The number of ether oxygens (including phenoxy) is 2. The van der Waals surface area contributed by atoms with Crippen LogP contribution in [0.15, 0.2) is 0 Å². The van der Waals surface area contributed by atoms with E-state index in [4.69, 9.17) is 19.2 Å². The monoisotopic (exact) mass is 518 g/mol. The molecule has 0 aromatic rings. The summed E-state index contributed by atoms with van der Waals surface area (Å²) >= 11 is 0. The van der Waals surface area contributed by atoms with Crippen molar-refractivity contribution in [3.63, 3.8) is 0 Å². The molecule has 3 bridgehead atoms. The van der Waals surface area contributed by atoms with Crippen LogP contribution in [-0.2, 0) is 24.0 Å². The van der Waals surface area contributed by atoms with Gasteiger partial charge in [-0.15, -0.1) is 0 Å². The van der Waals surface area contributed by atoms with Crippen LogP contribution in [0.25, 0.3) is 0 Å². The average Bonchev–Trinajstić information content (AvgIpc) is 3.17. The molecule has 2 amide bonds. The molecule has 8 heteroatoms. The highest BCUT2D eigenvalue weighted by atomic mass is 17.3. The largest absolute Gasteiger partial charge is 0.444 e. The molecule has 208 valence electrons. The highest BCUT2D eigenvalue weighted by Crippen LogP contribution is 2.61. The number of fused-ring (bicyclic) bond motifs is 3. The molecule has 0 radical (unpaired) electrons. The standard InChI is InChI=1S/C29H46N2O6/c1-27(2,3)34-26(33)30-24-8-11-31(12-9-24)25(32)15-20-5-4-10-28(17-20)35-29(37-36-28)18-21-7-6-19-13-22(21)16-23(29)14-19/h19-24H,4-18H2,1-3H3,(H,30,33)/t19?,20-,21?,22?,23?,28+,29+/m0/s1. The Balaban J connectivity index is 1.00. The Morgan fingerprint density at radius 3 is 2.57 bits per heavy atom. The van der Waals surface area contributed by atoms with Gasteiger partial charge in [-0.05, 0) is 95.8 Å². The average molecular weight is 519 g/mol. The van der Waals surface area contributed by atoms with Gasteiger partial charge in [0.05, 0.1) is 0 Å². The van der Waals surface area contributed by atoms with Crippen molar-refractivity contribution >= 4 is 12.0 Å². The second-order valence-electron chi connectivity index (χ2n) is 14.0. The van der Waals surface area contributed by atoms with Gasteiger partial charge in [0.25, 0.3) is 0 Å². The third kappa shape index (κ3) is 5.40. The molecule has 6 aliphatic rings. The maximum Gasteiger partial charge on any atom is 0.407 e. The number of alkyl carbamates (subject to hydrolysis) is 1. The Morgan fingerprint density at radius 2 is 1.78 bits per heavy atom. The molecule has 2 spiro atoms. The zero-order chi connectivity index (χ0) is 25.8. The number of carbonyl (C=O) groups excluding carboxylic acids is 2. The molecule has 0 aromatic carbocycles. The van der Waals surface area contributed by atoms with E-state index in [1.165, 1.54) is 32.1 Å². The first-order valence-electron chi connectivity index (χ1n) is 14.9. The minimum Gasteiger partial charge on any atom is -0.444 e. The Hall–Kier alpha value is -1.38. The lowest BCUT2D eigenvalue weighted by Gasteiger charge is -2.54. The number of piperidine rings is 1. The van der Waals surface area contributed by atoms with Gasteiger partial charge < -0.3 is 19.7 Å². The van der Waals surface area contributed by atoms with Gasteiger partial charge in [0.15, 0.2) is 0 Å². The molecule has 4 saturated carbocycles. The number of hydrogen-bond acceptors (Lipinski definition) is 6. The van der Waals surface area contributed by atoms with Crippen LogP contribution in [0.4, 0.5) is 4.79 Å². The molecule has 4 aliphatic carbocycles. The minimum atomic E-state index is -0.683. The quantitative estimate of drug-likeness (QED) is 0.510. The van der Waals surface area contributed by atoms with E-state index in [0.717, 1.165) is 56.8 Å². The predicted octanol–water partition coefficient (Wildman–Crippen LogP) is 5.30. The number of carbonyl (C=O) groups is 2. The number of nitrogens with zero attached hydrogens (tertiary/aromatic N) is 1. The Bertz CT molecular complexity index is 880. The van der Waals surface area contributed by atoms with Crippen LogP contribution < -0.4 is 5.32 Å². The summed E-state index contributed by atoms with van der Waals surface area (Å²) in [4.78, 5) is 39.6.